The lowest BCUT2D eigenvalue weighted by Crippen LogP contribution is -2.28. The molecule has 18 heavy (non-hydrogen) atoms. The van der Waals surface area contributed by atoms with Crippen LogP contribution < -0.4 is 5.32 Å². The summed E-state index contributed by atoms with van der Waals surface area (Å²) in [5.41, 5.74) is 1.06. The molecule has 0 aromatic carbocycles. The monoisotopic (exact) mass is 329 g/mol. The summed E-state index contributed by atoms with van der Waals surface area (Å²) in [7, 11) is 1.62. The second-order valence-corrected chi connectivity index (χ2v) is 5.16. The summed E-state index contributed by atoms with van der Waals surface area (Å²) in [5.74, 6) is 0.0278. The Labute approximate surface area is 117 Å². The largest absolute Gasteiger partial charge is 0.444 e. The average Bonchev–Trinajstić information content (AvgIpc) is 3.01. The van der Waals surface area contributed by atoms with Crippen molar-refractivity contribution in [3.63, 3.8) is 0 Å². The molecule has 2 aromatic heterocycles. The molecule has 0 aliphatic heterocycles. The lowest BCUT2D eigenvalue weighted by atomic mass is 10.2. The zero-order valence-corrected chi connectivity index (χ0v) is 12.1. The van der Waals surface area contributed by atoms with Gasteiger partial charge in [-0.1, -0.05) is 0 Å². The van der Waals surface area contributed by atoms with E-state index >= 15 is 0 Å². The molecular weight excluding hydrogens is 318 g/mol. The molecule has 1 atom stereocenters. The highest BCUT2D eigenvalue weighted by atomic mass is 79.9. The molecule has 0 bridgehead atoms. The van der Waals surface area contributed by atoms with Gasteiger partial charge in [0.1, 0.15) is 6.10 Å². The molecule has 6 heteroatoms. The minimum atomic E-state index is -0.252. The van der Waals surface area contributed by atoms with Crippen LogP contribution in [0.25, 0.3) is 0 Å². The smallest absolute Gasteiger partial charge is 0.287 e. The molecule has 0 fully saturated rings. The highest BCUT2D eigenvalue weighted by Crippen LogP contribution is 2.19. The summed E-state index contributed by atoms with van der Waals surface area (Å²) in [6.45, 7) is 0.407. The van der Waals surface area contributed by atoms with Gasteiger partial charge in [-0.2, -0.15) is 11.3 Å². The van der Waals surface area contributed by atoms with E-state index in [1.165, 1.54) is 0 Å². The maximum Gasteiger partial charge on any atom is 0.287 e. The predicted octanol–water partition coefficient (Wildman–Crippen LogP) is 3.22. The van der Waals surface area contributed by atoms with Gasteiger partial charge in [0.2, 0.25) is 0 Å². The van der Waals surface area contributed by atoms with Crippen LogP contribution >= 0.6 is 27.3 Å². The van der Waals surface area contributed by atoms with Gasteiger partial charge >= 0.3 is 0 Å². The van der Waals surface area contributed by atoms with Crippen molar-refractivity contribution < 1.29 is 13.9 Å². The third kappa shape index (κ3) is 3.22. The number of hydrogen-bond acceptors (Lipinski definition) is 4. The van der Waals surface area contributed by atoms with Crippen LogP contribution in [-0.2, 0) is 4.74 Å². The van der Waals surface area contributed by atoms with Crippen molar-refractivity contribution in [2.75, 3.05) is 13.7 Å². The van der Waals surface area contributed by atoms with E-state index < -0.39 is 0 Å². The molecule has 1 unspecified atom stereocenters. The Morgan fingerprint density at radius 2 is 2.39 bits per heavy atom. The number of methoxy groups -OCH3 is 1. The summed E-state index contributed by atoms with van der Waals surface area (Å²) in [4.78, 5) is 11.8. The van der Waals surface area contributed by atoms with Crippen LogP contribution in [-0.4, -0.2) is 19.6 Å². The van der Waals surface area contributed by atoms with E-state index in [0.29, 0.717) is 11.2 Å². The van der Waals surface area contributed by atoms with Gasteiger partial charge in [-0.25, -0.2) is 0 Å². The molecule has 2 aromatic rings. The molecule has 2 heterocycles. The number of carbonyl (C=O) groups excluding carboxylic acids is 1. The van der Waals surface area contributed by atoms with Gasteiger partial charge in [0.05, 0.1) is 0 Å². The molecule has 96 valence electrons. The molecule has 2 rings (SSSR count). The van der Waals surface area contributed by atoms with E-state index in [1.54, 1.807) is 30.6 Å². The predicted molar refractivity (Wildman–Crippen MR) is 72.8 cm³/mol. The van der Waals surface area contributed by atoms with Crippen LogP contribution in [0.15, 0.2) is 38.0 Å². The fourth-order valence-electron chi connectivity index (χ4n) is 1.50. The molecule has 1 amide bonds. The van der Waals surface area contributed by atoms with Crippen molar-refractivity contribution in [2.24, 2.45) is 0 Å². The van der Waals surface area contributed by atoms with Crippen LogP contribution in [0, 0.1) is 0 Å². The molecular formula is C12H12BrNO3S. The Hall–Kier alpha value is -1.11. The summed E-state index contributed by atoms with van der Waals surface area (Å²) in [6, 6.07) is 5.28. The molecule has 0 aliphatic carbocycles. The fraction of sp³-hybridized carbons (Fsp3) is 0.250. The highest BCUT2D eigenvalue weighted by Gasteiger charge is 2.15. The molecule has 4 nitrogen and oxygen atoms in total. The van der Waals surface area contributed by atoms with E-state index in [2.05, 4.69) is 21.2 Å². The number of thiophene rings is 1. The Balaban J connectivity index is 1.92. The maximum atomic E-state index is 11.8. The van der Waals surface area contributed by atoms with Crippen LogP contribution in [0.1, 0.15) is 22.2 Å². The second kappa shape index (κ2) is 6.17. The first-order valence-electron chi connectivity index (χ1n) is 5.29. The molecule has 0 saturated carbocycles. The lowest BCUT2D eigenvalue weighted by Gasteiger charge is -2.14. The summed E-state index contributed by atoms with van der Waals surface area (Å²) >= 11 is 4.76. The zero-order valence-electron chi connectivity index (χ0n) is 9.68. The SMILES string of the molecule is COC(CNC(=O)c1ccc(Br)o1)c1ccsc1. The van der Waals surface area contributed by atoms with Crippen LogP contribution in [0.3, 0.4) is 0 Å². The molecule has 0 aliphatic rings. The van der Waals surface area contributed by atoms with Crippen LogP contribution in [0.2, 0.25) is 0 Å². The summed E-state index contributed by atoms with van der Waals surface area (Å²) < 4.78 is 11.0. The van der Waals surface area contributed by atoms with Gasteiger partial charge in [-0.3, -0.25) is 4.79 Å². The van der Waals surface area contributed by atoms with Gasteiger partial charge < -0.3 is 14.5 Å². The topological polar surface area (TPSA) is 51.5 Å². The van der Waals surface area contributed by atoms with Crippen LogP contribution in [0.5, 0.6) is 0 Å². The fourth-order valence-corrected chi connectivity index (χ4v) is 2.51. The Bertz CT molecular complexity index is 509. The minimum absolute atomic E-state index is 0.140. The van der Waals surface area contributed by atoms with Gasteiger partial charge in [0.25, 0.3) is 5.91 Å². The van der Waals surface area contributed by atoms with Crippen molar-refractivity contribution in [3.05, 3.63) is 45.0 Å². The van der Waals surface area contributed by atoms with Gasteiger partial charge in [0, 0.05) is 13.7 Å². The first-order chi connectivity index (χ1) is 8.70. The number of amides is 1. The van der Waals surface area contributed by atoms with E-state index in [-0.39, 0.29) is 17.8 Å². The van der Waals surface area contributed by atoms with E-state index in [9.17, 15) is 4.79 Å². The Kier molecular flexibility index (Phi) is 4.57. The van der Waals surface area contributed by atoms with Gasteiger partial charge in [0.15, 0.2) is 10.4 Å². The van der Waals surface area contributed by atoms with Crippen molar-refractivity contribution >= 4 is 33.2 Å². The number of hydrogen-bond donors (Lipinski definition) is 1. The number of ether oxygens (including phenoxy) is 1. The lowest BCUT2D eigenvalue weighted by molar-refractivity contribution is 0.0807. The highest BCUT2D eigenvalue weighted by molar-refractivity contribution is 9.10. The average molecular weight is 330 g/mol. The number of furan rings is 1. The number of halogens is 1. The number of carbonyl (C=O) groups is 1. The Morgan fingerprint density at radius 1 is 1.56 bits per heavy atom. The zero-order chi connectivity index (χ0) is 13.0. The normalized spacial score (nSPS) is 12.3. The molecule has 0 radical (unpaired) electrons. The van der Waals surface area contributed by atoms with Gasteiger partial charge in [-0.15, -0.1) is 0 Å². The number of nitrogens with one attached hydrogen (secondary N) is 1. The summed E-state index contributed by atoms with van der Waals surface area (Å²) in [6.07, 6.45) is -0.140. The first kappa shape index (κ1) is 13.3. The summed E-state index contributed by atoms with van der Waals surface area (Å²) in [5, 5.41) is 6.76. The first-order valence-corrected chi connectivity index (χ1v) is 7.02. The van der Waals surface area contributed by atoms with E-state index in [4.69, 9.17) is 9.15 Å². The molecule has 1 N–H and O–H groups in total. The Morgan fingerprint density at radius 3 is 2.94 bits per heavy atom. The third-order valence-corrected chi connectivity index (χ3v) is 3.57. The van der Waals surface area contributed by atoms with Crippen molar-refractivity contribution in [3.8, 4) is 0 Å². The minimum Gasteiger partial charge on any atom is -0.444 e. The third-order valence-electron chi connectivity index (χ3n) is 2.44. The van der Waals surface area contributed by atoms with Gasteiger partial charge in [-0.05, 0) is 50.5 Å². The molecule has 0 spiro atoms. The van der Waals surface area contributed by atoms with Crippen molar-refractivity contribution in [1.82, 2.24) is 5.32 Å². The van der Waals surface area contributed by atoms with Crippen molar-refractivity contribution in [2.45, 2.75) is 6.10 Å². The second-order valence-electron chi connectivity index (χ2n) is 3.59. The molecule has 0 saturated heterocycles. The quantitative estimate of drug-likeness (QED) is 0.916. The maximum absolute atomic E-state index is 11.8. The van der Waals surface area contributed by atoms with E-state index in [0.717, 1.165) is 5.56 Å². The van der Waals surface area contributed by atoms with E-state index in [1.807, 2.05) is 16.8 Å². The standard InChI is InChI=1S/C12H12BrNO3S/c1-16-10(8-4-5-18-7-8)6-14-12(15)9-2-3-11(13)17-9/h2-5,7,10H,6H2,1H3,(H,14,15). The van der Waals surface area contributed by atoms with Crippen molar-refractivity contribution in [1.29, 1.82) is 0 Å². The number of rotatable bonds is 5. The van der Waals surface area contributed by atoms with Crippen LogP contribution in [0.4, 0.5) is 0 Å².